The van der Waals surface area contributed by atoms with Crippen molar-refractivity contribution < 1.29 is 0 Å². The lowest BCUT2D eigenvalue weighted by molar-refractivity contribution is 0.935. The van der Waals surface area contributed by atoms with Crippen molar-refractivity contribution in [3.8, 4) is 11.4 Å². The van der Waals surface area contributed by atoms with E-state index in [0.29, 0.717) is 33.0 Å². The first-order valence-electron chi connectivity index (χ1n) is 5.32. The van der Waals surface area contributed by atoms with Crippen LogP contribution in [0.5, 0.6) is 0 Å². The van der Waals surface area contributed by atoms with Gasteiger partial charge in [0.15, 0.2) is 5.82 Å². The molecule has 0 spiro atoms. The summed E-state index contributed by atoms with van der Waals surface area (Å²) in [6.07, 6.45) is 2.33. The number of rotatable bonds is 2. The Morgan fingerprint density at radius 2 is 2.06 bits per heavy atom. The van der Waals surface area contributed by atoms with E-state index in [1.165, 1.54) is 12.8 Å². The molecule has 1 heterocycles. The van der Waals surface area contributed by atoms with Crippen molar-refractivity contribution in [1.82, 2.24) is 15.2 Å². The maximum Gasteiger partial charge on any atom is 0.183 e. The number of halogens is 2. The van der Waals surface area contributed by atoms with E-state index in [1.54, 1.807) is 12.1 Å². The van der Waals surface area contributed by atoms with Crippen LogP contribution in [0.2, 0.25) is 10.0 Å². The average Bonchev–Trinajstić information content (AvgIpc) is 3.02. The first-order valence-corrected chi connectivity index (χ1v) is 6.08. The topological polar surface area (TPSA) is 67.6 Å². The van der Waals surface area contributed by atoms with Gasteiger partial charge in [0.1, 0.15) is 5.82 Å². The smallest absolute Gasteiger partial charge is 0.183 e. The lowest BCUT2D eigenvalue weighted by Crippen LogP contribution is -1.93. The molecule has 1 aromatic carbocycles. The van der Waals surface area contributed by atoms with Crippen LogP contribution in [-0.4, -0.2) is 15.2 Å². The number of H-pyrrole nitrogens is 1. The standard InChI is InChI=1S/C11H10Cl2N4/c12-6-3-7(9(14)8(13)4-6)11-15-10(16-17-11)5-1-2-5/h3-5H,1-2,14H2,(H,15,16,17). The van der Waals surface area contributed by atoms with Crippen molar-refractivity contribution in [2.45, 2.75) is 18.8 Å². The Morgan fingerprint density at radius 3 is 2.76 bits per heavy atom. The molecule has 0 bridgehead atoms. The number of benzene rings is 1. The van der Waals surface area contributed by atoms with Crippen LogP contribution in [0, 0.1) is 0 Å². The van der Waals surface area contributed by atoms with E-state index >= 15 is 0 Å². The summed E-state index contributed by atoms with van der Waals surface area (Å²) in [6, 6.07) is 3.33. The Labute approximate surface area is 108 Å². The zero-order chi connectivity index (χ0) is 12.0. The van der Waals surface area contributed by atoms with Gasteiger partial charge in [-0.15, -0.1) is 0 Å². The number of nitrogens with one attached hydrogen (secondary N) is 1. The Kier molecular flexibility index (Phi) is 2.49. The Hall–Kier alpha value is -1.26. The van der Waals surface area contributed by atoms with E-state index in [2.05, 4.69) is 15.2 Å². The van der Waals surface area contributed by atoms with Crippen LogP contribution >= 0.6 is 23.2 Å². The van der Waals surface area contributed by atoms with Crippen molar-refractivity contribution in [2.24, 2.45) is 0 Å². The maximum absolute atomic E-state index is 5.98. The summed E-state index contributed by atoms with van der Waals surface area (Å²) >= 11 is 11.9. The van der Waals surface area contributed by atoms with Gasteiger partial charge in [-0.25, -0.2) is 4.98 Å². The predicted octanol–water partition coefficient (Wildman–Crippen LogP) is 3.24. The fourth-order valence-corrected chi connectivity index (χ4v) is 2.20. The summed E-state index contributed by atoms with van der Waals surface area (Å²) in [5.41, 5.74) is 7.03. The molecule has 1 saturated carbocycles. The van der Waals surface area contributed by atoms with E-state index in [4.69, 9.17) is 28.9 Å². The molecule has 0 unspecified atom stereocenters. The largest absolute Gasteiger partial charge is 0.397 e. The number of aromatic amines is 1. The van der Waals surface area contributed by atoms with Crippen LogP contribution in [0.25, 0.3) is 11.4 Å². The molecule has 1 aromatic heterocycles. The molecule has 0 saturated heterocycles. The van der Waals surface area contributed by atoms with Gasteiger partial charge in [-0.2, -0.15) is 5.10 Å². The fourth-order valence-electron chi connectivity index (χ4n) is 1.70. The minimum Gasteiger partial charge on any atom is -0.397 e. The van der Waals surface area contributed by atoms with Crippen LogP contribution in [0.4, 0.5) is 5.69 Å². The van der Waals surface area contributed by atoms with Crippen molar-refractivity contribution >= 4 is 28.9 Å². The molecule has 3 N–H and O–H groups in total. The first kappa shape index (κ1) is 10.9. The number of nitrogen functional groups attached to an aromatic ring is 1. The van der Waals surface area contributed by atoms with Crippen molar-refractivity contribution in [1.29, 1.82) is 0 Å². The van der Waals surface area contributed by atoms with Gasteiger partial charge in [0.25, 0.3) is 0 Å². The number of aromatic nitrogens is 3. The molecule has 88 valence electrons. The summed E-state index contributed by atoms with van der Waals surface area (Å²) in [4.78, 5) is 4.42. The van der Waals surface area contributed by atoms with E-state index in [1.807, 2.05) is 0 Å². The van der Waals surface area contributed by atoms with Gasteiger partial charge in [-0.1, -0.05) is 23.2 Å². The lowest BCUT2D eigenvalue weighted by Gasteiger charge is -2.04. The van der Waals surface area contributed by atoms with E-state index < -0.39 is 0 Å². The SMILES string of the molecule is Nc1c(Cl)cc(Cl)cc1-c1n[nH]c(C2CC2)n1. The average molecular weight is 269 g/mol. The highest BCUT2D eigenvalue weighted by Crippen LogP contribution is 2.39. The molecule has 0 amide bonds. The second-order valence-electron chi connectivity index (χ2n) is 4.17. The molecule has 17 heavy (non-hydrogen) atoms. The molecule has 4 nitrogen and oxygen atoms in total. The molecular formula is C11H10Cl2N4. The third-order valence-electron chi connectivity index (χ3n) is 2.80. The van der Waals surface area contributed by atoms with Crippen LogP contribution < -0.4 is 5.73 Å². The molecule has 1 aliphatic carbocycles. The van der Waals surface area contributed by atoms with Crippen LogP contribution in [0.15, 0.2) is 12.1 Å². The normalized spacial score (nSPS) is 15.2. The van der Waals surface area contributed by atoms with Gasteiger partial charge in [0.05, 0.1) is 10.7 Å². The Balaban J connectivity index is 2.07. The maximum atomic E-state index is 5.98. The molecule has 2 aromatic rings. The van der Waals surface area contributed by atoms with E-state index in [-0.39, 0.29) is 0 Å². The number of nitrogens with zero attached hydrogens (tertiary/aromatic N) is 2. The quantitative estimate of drug-likeness (QED) is 0.822. The third kappa shape index (κ3) is 1.98. The van der Waals surface area contributed by atoms with E-state index in [9.17, 15) is 0 Å². The summed E-state index contributed by atoms with van der Waals surface area (Å²) in [6.45, 7) is 0. The van der Waals surface area contributed by atoms with Crippen LogP contribution in [0.1, 0.15) is 24.6 Å². The zero-order valence-electron chi connectivity index (χ0n) is 8.87. The van der Waals surface area contributed by atoms with Gasteiger partial charge in [0.2, 0.25) is 0 Å². The number of hydrogen-bond donors (Lipinski definition) is 2. The summed E-state index contributed by atoms with van der Waals surface area (Å²) < 4.78 is 0. The minimum absolute atomic E-state index is 0.422. The van der Waals surface area contributed by atoms with Gasteiger partial charge in [-0.05, 0) is 25.0 Å². The number of nitrogens with two attached hydrogens (primary N) is 1. The third-order valence-corrected chi connectivity index (χ3v) is 3.33. The van der Waals surface area contributed by atoms with Gasteiger partial charge >= 0.3 is 0 Å². The van der Waals surface area contributed by atoms with Crippen LogP contribution in [-0.2, 0) is 0 Å². The van der Waals surface area contributed by atoms with Gasteiger partial charge < -0.3 is 5.73 Å². The highest BCUT2D eigenvalue weighted by molar-refractivity contribution is 6.37. The molecule has 0 aliphatic heterocycles. The Morgan fingerprint density at radius 1 is 1.29 bits per heavy atom. The van der Waals surface area contributed by atoms with Crippen molar-refractivity contribution in [3.05, 3.63) is 28.0 Å². The second kappa shape index (κ2) is 3.89. The first-order chi connectivity index (χ1) is 8.15. The molecule has 6 heteroatoms. The lowest BCUT2D eigenvalue weighted by atomic mass is 10.1. The monoisotopic (exact) mass is 268 g/mol. The van der Waals surface area contributed by atoms with Crippen molar-refractivity contribution in [2.75, 3.05) is 5.73 Å². The second-order valence-corrected chi connectivity index (χ2v) is 5.01. The fraction of sp³-hybridized carbons (Fsp3) is 0.273. The summed E-state index contributed by atoms with van der Waals surface area (Å²) in [5, 5.41) is 8.03. The zero-order valence-corrected chi connectivity index (χ0v) is 10.4. The minimum atomic E-state index is 0.422. The van der Waals surface area contributed by atoms with Gasteiger partial charge in [-0.3, -0.25) is 5.10 Å². The molecular weight excluding hydrogens is 259 g/mol. The van der Waals surface area contributed by atoms with Crippen molar-refractivity contribution in [3.63, 3.8) is 0 Å². The highest BCUT2D eigenvalue weighted by atomic mass is 35.5. The number of anilines is 1. The van der Waals surface area contributed by atoms with Gasteiger partial charge in [0, 0.05) is 16.5 Å². The molecule has 1 fully saturated rings. The molecule has 3 rings (SSSR count). The molecule has 0 atom stereocenters. The predicted molar refractivity (Wildman–Crippen MR) is 68.2 cm³/mol. The molecule has 1 aliphatic rings. The summed E-state index contributed by atoms with van der Waals surface area (Å²) in [5.74, 6) is 1.98. The molecule has 0 radical (unpaired) electrons. The Bertz CT molecular complexity index is 575. The highest BCUT2D eigenvalue weighted by Gasteiger charge is 2.27. The summed E-state index contributed by atoms with van der Waals surface area (Å²) in [7, 11) is 0. The number of hydrogen-bond acceptors (Lipinski definition) is 3. The van der Waals surface area contributed by atoms with Crippen LogP contribution in [0.3, 0.4) is 0 Å². The van der Waals surface area contributed by atoms with E-state index in [0.717, 1.165) is 5.82 Å².